The highest BCUT2D eigenvalue weighted by Crippen LogP contribution is 2.33. The molecule has 126 valence electrons. The van der Waals surface area contributed by atoms with Crippen molar-refractivity contribution in [1.82, 2.24) is 15.5 Å². The Morgan fingerprint density at radius 1 is 1.41 bits per heavy atom. The van der Waals surface area contributed by atoms with Gasteiger partial charge in [-0.15, -0.1) is 0 Å². The number of rotatable bonds is 9. The molecule has 7 nitrogen and oxygen atoms in total. The molecule has 0 aromatic carbocycles. The molecule has 0 aromatic rings. The lowest BCUT2D eigenvalue weighted by atomic mass is 10.0. The van der Waals surface area contributed by atoms with Crippen LogP contribution >= 0.6 is 11.8 Å². The van der Waals surface area contributed by atoms with E-state index in [0.29, 0.717) is 24.8 Å². The van der Waals surface area contributed by atoms with Gasteiger partial charge in [-0.25, -0.2) is 14.6 Å². The van der Waals surface area contributed by atoms with Crippen LogP contribution in [0.4, 0.5) is 4.79 Å². The highest BCUT2D eigenvalue weighted by Gasteiger charge is 2.42. The molecule has 3 unspecified atom stereocenters. The number of unbranched alkanes of at least 4 members (excludes halogenated alkanes) is 1. The summed E-state index contributed by atoms with van der Waals surface area (Å²) in [6.07, 6.45) is 3.48. The predicted octanol–water partition coefficient (Wildman–Crippen LogP) is 0.749. The van der Waals surface area contributed by atoms with Crippen LogP contribution in [0.25, 0.3) is 0 Å². The second-order valence-corrected chi connectivity index (χ2v) is 6.94. The molecule has 3 atom stereocenters. The molecule has 2 saturated heterocycles. The zero-order valence-corrected chi connectivity index (χ0v) is 14.0. The van der Waals surface area contributed by atoms with Gasteiger partial charge in [0.25, 0.3) is 0 Å². The summed E-state index contributed by atoms with van der Waals surface area (Å²) in [5.74, 6) is 1.11. The third-order valence-corrected chi connectivity index (χ3v) is 5.63. The lowest BCUT2D eigenvalue weighted by Gasteiger charge is -2.18. The first-order valence-corrected chi connectivity index (χ1v) is 8.75. The van der Waals surface area contributed by atoms with Gasteiger partial charge in [0.1, 0.15) is 0 Å². The van der Waals surface area contributed by atoms with Gasteiger partial charge in [0.2, 0.25) is 5.91 Å². The van der Waals surface area contributed by atoms with E-state index in [1.54, 1.807) is 11.9 Å². The lowest BCUT2D eigenvalue weighted by Crippen LogP contribution is -2.36. The zero-order chi connectivity index (χ0) is 15.9. The molecule has 2 heterocycles. The second kappa shape index (κ2) is 8.59. The van der Waals surface area contributed by atoms with Crippen molar-refractivity contribution in [1.29, 1.82) is 0 Å². The van der Waals surface area contributed by atoms with Crippen molar-refractivity contribution in [3.05, 3.63) is 0 Å². The standard InChI is InChI=1S/C14H25N3O4S/c1-17(7-8-21-20-2)12(18)6-4-3-5-11-13-10(9-22-11)15-14(19)16-13/h10-11,13H,3-9H2,1-2H3,(H2,15,16,19). The Bertz CT molecular complexity index is 396. The molecule has 3 amide bonds. The molecule has 0 saturated carbocycles. The third kappa shape index (κ3) is 4.76. The maximum Gasteiger partial charge on any atom is 0.315 e. The van der Waals surface area contributed by atoms with Crippen molar-refractivity contribution < 1.29 is 19.4 Å². The van der Waals surface area contributed by atoms with Gasteiger partial charge in [0, 0.05) is 31.0 Å². The molecule has 2 N–H and O–H groups in total. The number of likely N-dealkylation sites (N-methyl/N-ethyl adjacent to an activating group) is 1. The number of nitrogens with one attached hydrogen (secondary N) is 2. The van der Waals surface area contributed by atoms with Gasteiger partial charge in [0.15, 0.2) is 0 Å². The van der Waals surface area contributed by atoms with Crippen LogP contribution in [0.1, 0.15) is 25.7 Å². The number of amides is 3. The Hall–Kier alpha value is -0.990. The SMILES string of the molecule is COOCCN(C)C(=O)CCCCC1SCC2NC(=O)NC21. The highest BCUT2D eigenvalue weighted by molar-refractivity contribution is 8.00. The minimum Gasteiger partial charge on any atom is -0.343 e. The minimum absolute atomic E-state index is 0.0459. The fourth-order valence-corrected chi connectivity index (χ4v) is 4.38. The van der Waals surface area contributed by atoms with Crippen molar-refractivity contribution in [2.75, 3.05) is 33.1 Å². The largest absolute Gasteiger partial charge is 0.343 e. The summed E-state index contributed by atoms with van der Waals surface area (Å²) in [5, 5.41) is 6.40. The van der Waals surface area contributed by atoms with E-state index in [-0.39, 0.29) is 24.0 Å². The predicted molar refractivity (Wildman–Crippen MR) is 84.6 cm³/mol. The van der Waals surface area contributed by atoms with E-state index in [1.165, 1.54) is 7.11 Å². The van der Waals surface area contributed by atoms with Crippen molar-refractivity contribution in [2.45, 2.75) is 43.0 Å². The normalized spacial score (nSPS) is 26.5. The summed E-state index contributed by atoms with van der Waals surface area (Å²) in [5.41, 5.74) is 0. The monoisotopic (exact) mass is 331 g/mol. The number of thioether (sulfide) groups is 1. The Morgan fingerprint density at radius 3 is 3.00 bits per heavy atom. The summed E-state index contributed by atoms with van der Waals surface area (Å²) in [6, 6.07) is 0.480. The first kappa shape index (κ1) is 17.4. The smallest absolute Gasteiger partial charge is 0.315 e. The van der Waals surface area contributed by atoms with Crippen molar-refractivity contribution >= 4 is 23.7 Å². The summed E-state index contributed by atoms with van der Waals surface area (Å²) in [6.45, 7) is 0.916. The van der Waals surface area contributed by atoms with E-state index in [2.05, 4.69) is 15.5 Å². The van der Waals surface area contributed by atoms with Gasteiger partial charge in [-0.1, -0.05) is 6.42 Å². The van der Waals surface area contributed by atoms with Crippen molar-refractivity contribution in [2.24, 2.45) is 0 Å². The number of hydrogen-bond donors (Lipinski definition) is 2. The van der Waals surface area contributed by atoms with E-state index in [1.807, 2.05) is 11.8 Å². The molecule has 2 aliphatic heterocycles. The Kier molecular flexibility index (Phi) is 6.78. The number of fused-ring (bicyclic) bond motifs is 1. The summed E-state index contributed by atoms with van der Waals surface area (Å²) in [7, 11) is 3.23. The fourth-order valence-electron chi connectivity index (χ4n) is 2.84. The molecular weight excluding hydrogens is 306 g/mol. The lowest BCUT2D eigenvalue weighted by molar-refractivity contribution is -0.272. The summed E-state index contributed by atoms with van der Waals surface area (Å²) < 4.78 is 0. The second-order valence-electron chi connectivity index (χ2n) is 5.67. The number of carbonyl (C=O) groups is 2. The van der Waals surface area contributed by atoms with E-state index < -0.39 is 0 Å². The van der Waals surface area contributed by atoms with Crippen LogP contribution in [0.5, 0.6) is 0 Å². The summed E-state index contributed by atoms with van der Waals surface area (Å²) >= 11 is 1.91. The van der Waals surface area contributed by atoms with Gasteiger partial charge in [-0.05, 0) is 12.8 Å². The average molecular weight is 331 g/mol. The molecule has 2 rings (SSSR count). The van der Waals surface area contributed by atoms with Crippen LogP contribution in [0.15, 0.2) is 0 Å². The molecule has 0 aromatic heterocycles. The zero-order valence-electron chi connectivity index (χ0n) is 13.2. The van der Waals surface area contributed by atoms with E-state index >= 15 is 0 Å². The number of carbonyl (C=O) groups excluding carboxylic acids is 2. The fraction of sp³-hybridized carbons (Fsp3) is 0.857. The van der Waals surface area contributed by atoms with E-state index in [4.69, 9.17) is 4.89 Å². The number of urea groups is 1. The van der Waals surface area contributed by atoms with Crippen LogP contribution < -0.4 is 10.6 Å². The van der Waals surface area contributed by atoms with Gasteiger partial charge in [0.05, 0.1) is 25.8 Å². The highest BCUT2D eigenvalue weighted by atomic mass is 32.2. The molecule has 8 heteroatoms. The van der Waals surface area contributed by atoms with E-state index in [9.17, 15) is 9.59 Å². The summed E-state index contributed by atoms with van der Waals surface area (Å²) in [4.78, 5) is 34.1. The van der Waals surface area contributed by atoms with Crippen LogP contribution in [-0.4, -0.2) is 67.2 Å². The van der Waals surface area contributed by atoms with Gasteiger partial charge < -0.3 is 15.5 Å². The maximum absolute atomic E-state index is 11.9. The molecule has 2 fully saturated rings. The van der Waals surface area contributed by atoms with E-state index in [0.717, 1.165) is 25.0 Å². The van der Waals surface area contributed by atoms with Gasteiger partial charge in [-0.2, -0.15) is 11.8 Å². The molecule has 0 aliphatic carbocycles. The van der Waals surface area contributed by atoms with Gasteiger partial charge in [-0.3, -0.25) is 4.79 Å². The third-order valence-electron chi connectivity index (χ3n) is 4.12. The topological polar surface area (TPSA) is 79.9 Å². The molecular formula is C14H25N3O4S. The molecule has 0 bridgehead atoms. The number of hydrogen-bond acceptors (Lipinski definition) is 5. The maximum atomic E-state index is 11.9. The quantitative estimate of drug-likeness (QED) is 0.282. The first-order chi connectivity index (χ1) is 10.6. The molecule has 0 spiro atoms. The Balaban J connectivity index is 1.57. The molecule has 0 radical (unpaired) electrons. The first-order valence-electron chi connectivity index (χ1n) is 7.70. The van der Waals surface area contributed by atoms with Crippen LogP contribution in [0, 0.1) is 0 Å². The van der Waals surface area contributed by atoms with Crippen molar-refractivity contribution in [3.63, 3.8) is 0 Å². The Morgan fingerprint density at radius 2 is 2.23 bits per heavy atom. The Labute approximate surface area is 135 Å². The molecule has 2 aliphatic rings. The minimum atomic E-state index is -0.0459. The average Bonchev–Trinajstić information content (AvgIpc) is 3.03. The van der Waals surface area contributed by atoms with Gasteiger partial charge >= 0.3 is 6.03 Å². The molecule has 22 heavy (non-hydrogen) atoms. The van der Waals surface area contributed by atoms with Crippen LogP contribution in [0.2, 0.25) is 0 Å². The van der Waals surface area contributed by atoms with Crippen LogP contribution in [-0.2, 0) is 14.6 Å². The number of nitrogens with zero attached hydrogens (tertiary/aromatic N) is 1. The van der Waals surface area contributed by atoms with Crippen LogP contribution in [0.3, 0.4) is 0 Å². The van der Waals surface area contributed by atoms with Crippen molar-refractivity contribution in [3.8, 4) is 0 Å².